The molecule has 1 aromatic rings. The number of carbonyl (C=O) groups is 1. The first-order chi connectivity index (χ1) is 9.67. The van der Waals surface area contributed by atoms with Gasteiger partial charge in [-0.2, -0.15) is 0 Å². The Labute approximate surface area is 125 Å². The van der Waals surface area contributed by atoms with E-state index >= 15 is 0 Å². The number of aryl methyl sites for hydroxylation is 1. The van der Waals surface area contributed by atoms with Crippen LogP contribution in [0.1, 0.15) is 51.0 Å². The summed E-state index contributed by atoms with van der Waals surface area (Å²) in [4.78, 5) is 11.8. The van der Waals surface area contributed by atoms with Gasteiger partial charge in [-0.1, -0.05) is 5.21 Å². The van der Waals surface area contributed by atoms with E-state index in [4.69, 9.17) is 4.74 Å². The van der Waals surface area contributed by atoms with Gasteiger partial charge in [0.2, 0.25) is 0 Å². The highest BCUT2D eigenvalue weighted by molar-refractivity contribution is 7.67. The van der Waals surface area contributed by atoms with E-state index in [-0.39, 0.29) is 11.8 Å². The van der Waals surface area contributed by atoms with Gasteiger partial charge in [-0.25, -0.2) is 13.2 Å². The molecule has 0 amide bonds. The Hall–Kier alpha value is -1.48. The maximum atomic E-state index is 11.8. The van der Waals surface area contributed by atoms with Gasteiger partial charge in [0.05, 0.1) is 12.3 Å². The summed E-state index contributed by atoms with van der Waals surface area (Å²) in [6.45, 7) is 7.52. The second-order valence-corrected chi connectivity index (χ2v) is 6.31. The molecule has 21 heavy (non-hydrogen) atoms. The first-order valence-electron chi connectivity index (χ1n) is 6.62. The lowest BCUT2D eigenvalue weighted by atomic mass is 10.2. The summed E-state index contributed by atoms with van der Waals surface area (Å²) in [5, 5.41) is 7.59. The fourth-order valence-electron chi connectivity index (χ4n) is 1.57. The minimum absolute atomic E-state index is 0.150. The van der Waals surface area contributed by atoms with Crippen LogP contribution in [0.2, 0.25) is 0 Å². The molecule has 120 valence electrons. The fourth-order valence-corrected chi connectivity index (χ4v) is 1.97. The highest BCUT2D eigenvalue weighted by atomic mass is 32.2. The molecule has 0 aliphatic rings. The highest BCUT2D eigenvalue weighted by Crippen LogP contribution is 2.10. The van der Waals surface area contributed by atoms with Gasteiger partial charge < -0.3 is 4.74 Å². The Bertz CT molecular complexity index is 539. The van der Waals surface area contributed by atoms with E-state index in [0.29, 0.717) is 19.4 Å². The van der Waals surface area contributed by atoms with Crippen molar-refractivity contribution in [3.8, 4) is 0 Å². The standard InChI is InChI=1S/C12H21N3O5S/c1-9(20-21(17)18)6-5-7-15-8-10(13-14-15)11(16)19-12(2,3)4/h8-9,21H,5-7H2,1-4H3. The minimum atomic E-state index is -2.82. The van der Waals surface area contributed by atoms with Crippen LogP contribution in [-0.2, 0) is 26.4 Å². The van der Waals surface area contributed by atoms with Crippen LogP contribution in [-0.4, -0.2) is 41.1 Å². The zero-order valence-electron chi connectivity index (χ0n) is 12.6. The molecule has 1 rings (SSSR count). The Morgan fingerprint density at radius 3 is 2.67 bits per heavy atom. The third kappa shape index (κ3) is 7.19. The Kier molecular flexibility index (Phi) is 6.28. The number of nitrogens with zero attached hydrogens (tertiary/aromatic N) is 3. The summed E-state index contributed by atoms with van der Waals surface area (Å²) in [5.41, 5.74) is -0.431. The molecule has 0 saturated heterocycles. The van der Waals surface area contributed by atoms with E-state index in [2.05, 4.69) is 14.5 Å². The van der Waals surface area contributed by atoms with Crippen LogP contribution in [0.25, 0.3) is 0 Å². The molecule has 0 bridgehead atoms. The third-order valence-electron chi connectivity index (χ3n) is 2.41. The van der Waals surface area contributed by atoms with Gasteiger partial charge in [-0.15, -0.1) is 5.10 Å². The molecule has 9 heteroatoms. The van der Waals surface area contributed by atoms with Crippen LogP contribution in [0.3, 0.4) is 0 Å². The van der Waals surface area contributed by atoms with Crippen molar-refractivity contribution in [1.82, 2.24) is 15.0 Å². The van der Waals surface area contributed by atoms with E-state index < -0.39 is 22.6 Å². The molecule has 0 fully saturated rings. The Balaban J connectivity index is 2.43. The van der Waals surface area contributed by atoms with Crippen molar-refractivity contribution in [3.63, 3.8) is 0 Å². The third-order valence-corrected chi connectivity index (χ3v) is 2.94. The van der Waals surface area contributed by atoms with Crippen molar-refractivity contribution < 1.29 is 22.1 Å². The van der Waals surface area contributed by atoms with Gasteiger partial charge in [0.1, 0.15) is 5.60 Å². The summed E-state index contributed by atoms with van der Waals surface area (Å²) in [6, 6.07) is 0. The largest absolute Gasteiger partial charge is 0.455 e. The first kappa shape index (κ1) is 17.6. The lowest BCUT2D eigenvalue weighted by Crippen LogP contribution is -2.24. The summed E-state index contributed by atoms with van der Waals surface area (Å²) < 4.78 is 32.1. The molecular weight excluding hydrogens is 298 g/mol. The molecule has 0 N–H and O–H groups in total. The highest BCUT2D eigenvalue weighted by Gasteiger charge is 2.20. The van der Waals surface area contributed by atoms with Crippen LogP contribution in [0.4, 0.5) is 0 Å². The molecule has 1 aromatic heterocycles. The van der Waals surface area contributed by atoms with E-state index in [0.717, 1.165) is 0 Å². The molecule has 8 nitrogen and oxygen atoms in total. The van der Waals surface area contributed by atoms with Crippen molar-refractivity contribution in [1.29, 1.82) is 0 Å². The van der Waals surface area contributed by atoms with Gasteiger partial charge in [-0.3, -0.25) is 8.86 Å². The molecular formula is C12H21N3O5S. The average Bonchev–Trinajstić information content (AvgIpc) is 2.74. The molecule has 1 atom stereocenters. The minimum Gasteiger partial charge on any atom is -0.455 e. The van der Waals surface area contributed by atoms with Gasteiger partial charge >= 0.3 is 5.97 Å². The molecule has 0 saturated carbocycles. The molecule has 0 radical (unpaired) electrons. The smallest absolute Gasteiger partial charge is 0.361 e. The van der Waals surface area contributed by atoms with Crippen LogP contribution >= 0.6 is 0 Å². The normalized spacial score (nSPS) is 13.4. The van der Waals surface area contributed by atoms with Gasteiger partial charge in [0, 0.05) is 6.54 Å². The lowest BCUT2D eigenvalue weighted by Gasteiger charge is -2.18. The maximum absolute atomic E-state index is 11.8. The number of esters is 1. The molecule has 0 aromatic carbocycles. The fraction of sp³-hybridized carbons (Fsp3) is 0.750. The molecule has 0 spiro atoms. The monoisotopic (exact) mass is 319 g/mol. The van der Waals surface area contributed by atoms with Crippen LogP contribution in [0.15, 0.2) is 6.20 Å². The number of rotatable bonds is 7. The first-order valence-corrected chi connectivity index (χ1v) is 7.71. The summed E-state index contributed by atoms with van der Waals surface area (Å²) in [5.74, 6) is -0.520. The zero-order chi connectivity index (χ0) is 16.0. The number of hydrogen-bond acceptors (Lipinski definition) is 7. The second-order valence-electron chi connectivity index (χ2n) is 5.65. The van der Waals surface area contributed by atoms with Crippen LogP contribution < -0.4 is 0 Å². The summed E-state index contributed by atoms with van der Waals surface area (Å²) >= 11 is 0. The predicted octanol–water partition coefficient (Wildman–Crippen LogP) is 0.945. The quantitative estimate of drug-likeness (QED) is 0.589. The average molecular weight is 319 g/mol. The molecule has 0 aliphatic carbocycles. The van der Waals surface area contributed by atoms with Gasteiger partial charge in [0.15, 0.2) is 5.69 Å². The summed E-state index contributed by atoms with van der Waals surface area (Å²) in [6.07, 6.45) is 2.35. The zero-order valence-corrected chi connectivity index (χ0v) is 13.5. The van der Waals surface area contributed by atoms with Crippen LogP contribution in [0, 0.1) is 0 Å². The van der Waals surface area contributed by atoms with Gasteiger partial charge in [0.25, 0.3) is 11.0 Å². The number of ether oxygens (including phenoxy) is 1. The Morgan fingerprint density at radius 2 is 2.10 bits per heavy atom. The number of thiol groups is 1. The van der Waals surface area contributed by atoms with E-state index in [9.17, 15) is 13.2 Å². The molecule has 1 heterocycles. The van der Waals surface area contributed by atoms with E-state index in [1.807, 2.05) is 0 Å². The van der Waals surface area contributed by atoms with E-state index in [1.54, 1.807) is 27.7 Å². The van der Waals surface area contributed by atoms with E-state index in [1.165, 1.54) is 10.9 Å². The second kappa shape index (κ2) is 7.51. The topological polar surface area (TPSA) is 100 Å². The predicted molar refractivity (Wildman–Crippen MR) is 75.3 cm³/mol. The maximum Gasteiger partial charge on any atom is 0.361 e. The summed E-state index contributed by atoms with van der Waals surface area (Å²) in [7, 11) is -2.82. The number of carbonyl (C=O) groups excluding carboxylic acids is 1. The van der Waals surface area contributed by atoms with Gasteiger partial charge in [-0.05, 0) is 40.5 Å². The lowest BCUT2D eigenvalue weighted by molar-refractivity contribution is 0.00626. The van der Waals surface area contributed by atoms with Crippen molar-refractivity contribution in [3.05, 3.63) is 11.9 Å². The van der Waals surface area contributed by atoms with Crippen molar-refractivity contribution in [2.24, 2.45) is 0 Å². The number of aromatic nitrogens is 3. The van der Waals surface area contributed by atoms with Crippen molar-refractivity contribution >= 4 is 17.0 Å². The van der Waals surface area contributed by atoms with Crippen LogP contribution in [0.5, 0.6) is 0 Å². The number of hydrogen-bond donors (Lipinski definition) is 1. The Morgan fingerprint density at radius 1 is 1.43 bits per heavy atom. The molecule has 0 aliphatic heterocycles. The van der Waals surface area contributed by atoms with Crippen molar-refractivity contribution in [2.75, 3.05) is 0 Å². The molecule has 1 unspecified atom stereocenters. The van der Waals surface area contributed by atoms with Crippen molar-refractivity contribution in [2.45, 2.75) is 58.8 Å². The SMILES string of the molecule is CC(CCCn1cc(C(=O)OC(C)(C)C)nn1)O[SH](=O)=O.